The number of hydrogen-bond acceptors (Lipinski definition) is 5. The number of hydrogen-bond donors (Lipinski definition) is 1. The molecule has 1 aliphatic heterocycles. The Morgan fingerprint density at radius 3 is 2.96 bits per heavy atom. The summed E-state index contributed by atoms with van der Waals surface area (Å²) in [5, 5.41) is 5.10. The first-order valence-electron chi connectivity index (χ1n) is 8.25. The number of aryl methyl sites for hydroxylation is 1. The van der Waals surface area contributed by atoms with Crippen molar-refractivity contribution in [2.24, 2.45) is 0 Å². The molecule has 2 unspecified atom stereocenters. The van der Waals surface area contributed by atoms with Gasteiger partial charge < -0.3 is 5.32 Å². The Morgan fingerprint density at radius 1 is 1.46 bits per heavy atom. The van der Waals surface area contributed by atoms with Crippen molar-refractivity contribution in [1.29, 1.82) is 0 Å². The molecule has 0 saturated carbocycles. The van der Waals surface area contributed by atoms with Crippen LogP contribution < -0.4 is 5.32 Å². The molecule has 1 saturated heterocycles. The molecule has 1 aliphatic rings. The van der Waals surface area contributed by atoms with Gasteiger partial charge in [0.15, 0.2) is 4.34 Å². The van der Waals surface area contributed by atoms with Crippen LogP contribution in [0.3, 0.4) is 0 Å². The summed E-state index contributed by atoms with van der Waals surface area (Å²) < 4.78 is 0.965. The highest BCUT2D eigenvalue weighted by Crippen LogP contribution is 2.27. The van der Waals surface area contributed by atoms with E-state index in [0.717, 1.165) is 36.1 Å². The van der Waals surface area contributed by atoms with E-state index < -0.39 is 0 Å². The minimum atomic E-state index is -0.112. The van der Waals surface area contributed by atoms with Crippen LogP contribution >= 0.6 is 23.1 Å². The summed E-state index contributed by atoms with van der Waals surface area (Å²) in [5.41, 5.74) is 2.34. The molecular weight excluding hydrogens is 338 g/mol. The van der Waals surface area contributed by atoms with E-state index in [4.69, 9.17) is 0 Å². The van der Waals surface area contributed by atoms with E-state index in [0.29, 0.717) is 0 Å². The van der Waals surface area contributed by atoms with Gasteiger partial charge in [-0.3, -0.25) is 9.69 Å². The number of rotatable bonds is 6. The van der Waals surface area contributed by atoms with Crippen LogP contribution in [0.25, 0.3) is 0 Å². The van der Waals surface area contributed by atoms with Gasteiger partial charge in [0.25, 0.3) is 0 Å². The maximum atomic E-state index is 12.4. The lowest BCUT2D eigenvalue weighted by Crippen LogP contribution is -2.40. The van der Waals surface area contributed by atoms with Crippen LogP contribution in [0.4, 0.5) is 0 Å². The lowest BCUT2D eigenvalue weighted by atomic mass is 10.2. The highest BCUT2D eigenvalue weighted by molar-refractivity contribution is 8.02. The van der Waals surface area contributed by atoms with E-state index in [1.54, 1.807) is 23.1 Å². The third-order valence-corrected chi connectivity index (χ3v) is 6.30. The molecule has 1 fully saturated rings. The van der Waals surface area contributed by atoms with E-state index in [1.165, 1.54) is 5.56 Å². The fraction of sp³-hybridized carbons (Fsp3) is 0.444. The summed E-state index contributed by atoms with van der Waals surface area (Å²) >= 11 is 3.14. The molecule has 0 bridgehead atoms. The predicted octanol–water partition coefficient (Wildman–Crippen LogP) is 3.32. The molecule has 1 aromatic heterocycles. The van der Waals surface area contributed by atoms with Crippen molar-refractivity contribution in [2.75, 3.05) is 13.1 Å². The largest absolute Gasteiger partial charge is 0.351 e. The van der Waals surface area contributed by atoms with Gasteiger partial charge in [-0.25, -0.2) is 4.98 Å². The topological polar surface area (TPSA) is 45.2 Å². The molecule has 2 atom stereocenters. The SMILES string of the molecule is Cc1csc(SC(C)C(=O)NC2CCN(Cc3ccccc3)C2)n1. The molecule has 3 rings (SSSR count). The van der Waals surface area contributed by atoms with Crippen LogP contribution in [0.5, 0.6) is 0 Å². The summed E-state index contributed by atoms with van der Waals surface area (Å²) in [7, 11) is 0. The zero-order valence-corrected chi connectivity index (χ0v) is 15.7. The van der Waals surface area contributed by atoms with Crippen LogP contribution in [-0.4, -0.2) is 40.2 Å². The minimum absolute atomic E-state index is 0.111. The Bertz CT molecular complexity index is 674. The van der Waals surface area contributed by atoms with Gasteiger partial charge in [-0.1, -0.05) is 42.1 Å². The lowest BCUT2D eigenvalue weighted by Gasteiger charge is -2.18. The minimum Gasteiger partial charge on any atom is -0.351 e. The van der Waals surface area contributed by atoms with Crippen LogP contribution in [0.2, 0.25) is 0 Å². The summed E-state index contributed by atoms with van der Waals surface area (Å²) in [6, 6.07) is 10.7. The van der Waals surface area contributed by atoms with Crippen molar-refractivity contribution in [3.63, 3.8) is 0 Å². The van der Waals surface area contributed by atoms with Gasteiger partial charge in [0, 0.05) is 36.8 Å². The molecule has 2 heterocycles. The van der Waals surface area contributed by atoms with Crippen molar-refractivity contribution in [3.05, 3.63) is 47.0 Å². The summed E-state index contributed by atoms with van der Waals surface area (Å²) in [6.45, 7) is 6.84. The Morgan fingerprint density at radius 2 is 2.25 bits per heavy atom. The highest BCUT2D eigenvalue weighted by Gasteiger charge is 2.26. The molecule has 4 nitrogen and oxygen atoms in total. The summed E-state index contributed by atoms with van der Waals surface area (Å²) in [5.74, 6) is 0.111. The second-order valence-electron chi connectivity index (χ2n) is 6.23. The molecular formula is C18H23N3OS2. The summed E-state index contributed by atoms with van der Waals surface area (Å²) in [6.07, 6.45) is 1.02. The first kappa shape index (κ1) is 17.5. The highest BCUT2D eigenvalue weighted by atomic mass is 32.2. The third-order valence-electron chi connectivity index (χ3n) is 4.11. The fourth-order valence-corrected chi connectivity index (χ4v) is 4.84. The monoisotopic (exact) mass is 361 g/mol. The number of thiazole rings is 1. The molecule has 128 valence electrons. The third kappa shape index (κ3) is 4.82. The number of carbonyl (C=O) groups excluding carboxylic acids is 1. The molecule has 1 aromatic carbocycles. The van der Waals surface area contributed by atoms with E-state index in [1.807, 2.05) is 25.3 Å². The van der Waals surface area contributed by atoms with Gasteiger partial charge in [-0.05, 0) is 25.8 Å². The molecule has 24 heavy (non-hydrogen) atoms. The van der Waals surface area contributed by atoms with Gasteiger partial charge in [-0.2, -0.15) is 0 Å². The average Bonchev–Trinajstić information content (AvgIpc) is 3.17. The molecule has 0 radical (unpaired) electrons. The molecule has 1 amide bonds. The van der Waals surface area contributed by atoms with Gasteiger partial charge in [-0.15, -0.1) is 11.3 Å². The molecule has 0 spiro atoms. The molecule has 1 N–H and O–H groups in total. The number of carbonyl (C=O) groups is 1. The molecule has 0 aliphatic carbocycles. The Kier molecular flexibility index (Phi) is 5.92. The van der Waals surface area contributed by atoms with Crippen LogP contribution in [0.1, 0.15) is 24.6 Å². The lowest BCUT2D eigenvalue weighted by molar-refractivity contribution is -0.120. The second-order valence-corrected chi connectivity index (χ2v) is 8.68. The van der Waals surface area contributed by atoms with Gasteiger partial charge in [0.1, 0.15) is 0 Å². The Hall–Kier alpha value is -1.37. The fourth-order valence-electron chi connectivity index (χ4n) is 2.85. The maximum absolute atomic E-state index is 12.4. The Balaban J connectivity index is 1.45. The Labute approximate surface area is 151 Å². The number of nitrogens with zero attached hydrogens (tertiary/aromatic N) is 2. The van der Waals surface area contributed by atoms with Crippen LogP contribution in [0.15, 0.2) is 40.1 Å². The molecule has 6 heteroatoms. The van der Waals surface area contributed by atoms with Crippen molar-refractivity contribution < 1.29 is 4.79 Å². The predicted molar refractivity (Wildman–Crippen MR) is 100 cm³/mol. The zero-order chi connectivity index (χ0) is 16.9. The summed E-state index contributed by atoms with van der Waals surface area (Å²) in [4.78, 5) is 19.2. The second kappa shape index (κ2) is 8.14. The number of aromatic nitrogens is 1. The van der Waals surface area contributed by atoms with Crippen LogP contribution in [-0.2, 0) is 11.3 Å². The number of nitrogens with one attached hydrogen (secondary N) is 1. The molecule has 2 aromatic rings. The standard InChI is InChI=1S/C18H23N3OS2/c1-13-12-23-18(19-13)24-14(2)17(22)20-16-8-9-21(11-16)10-15-6-4-3-5-7-15/h3-7,12,14,16H,8-11H2,1-2H3,(H,20,22). The quantitative estimate of drug-likeness (QED) is 0.802. The first-order chi connectivity index (χ1) is 11.6. The first-order valence-corrected chi connectivity index (χ1v) is 10.0. The normalized spacial score (nSPS) is 19.3. The van der Waals surface area contributed by atoms with Gasteiger partial charge in [0.05, 0.1) is 5.25 Å². The van der Waals surface area contributed by atoms with Crippen LogP contribution in [0, 0.1) is 6.92 Å². The van der Waals surface area contributed by atoms with E-state index in [2.05, 4.69) is 39.5 Å². The van der Waals surface area contributed by atoms with Crippen molar-refractivity contribution in [3.8, 4) is 0 Å². The number of likely N-dealkylation sites (tertiary alicyclic amines) is 1. The van der Waals surface area contributed by atoms with Crippen molar-refractivity contribution >= 4 is 29.0 Å². The van der Waals surface area contributed by atoms with Crippen molar-refractivity contribution in [2.45, 2.75) is 42.4 Å². The van der Waals surface area contributed by atoms with E-state index in [9.17, 15) is 4.79 Å². The van der Waals surface area contributed by atoms with Gasteiger partial charge in [0.2, 0.25) is 5.91 Å². The maximum Gasteiger partial charge on any atom is 0.233 e. The number of thioether (sulfide) groups is 1. The zero-order valence-electron chi connectivity index (χ0n) is 14.1. The number of amides is 1. The van der Waals surface area contributed by atoms with E-state index in [-0.39, 0.29) is 17.2 Å². The van der Waals surface area contributed by atoms with Crippen molar-refractivity contribution in [1.82, 2.24) is 15.2 Å². The van der Waals surface area contributed by atoms with E-state index >= 15 is 0 Å². The van der Waals surface area contributed by atoms with Gasteiger partial charge >= 0.3 is 0 Å². The smallest absolute Gasteiger partial charge is 0.233 e. The number of benzene rings is 1. The average molecular weight is 362 g/mol.